The van der Waals surface area contributed by atoms with Crippen molar-refractivity contribution in [3.05, 3.63) is 71.9 Å². The highest BCUT2D eigenvalue weighted by atomic mass is 16.5. The second-order valence-corrected chi connectivity index (χ2v) is 5.71. The summed E-state index contributed by atoms with van der Waals surface area (Å²) in [5.74, 6) is 0.870. The standard InChI is InChI=1S/C20H19N3O5/c1-26-14-5-6-16(18(11-14)27-2)23-20(25)17-10-13(7-8-21-17)19(24)22-12-15-4-3-9-28-15/h3-11H,12H2,1-2H3,(H,22,24)(H,23,25). The Balaban J connectivity index is 1.71. The molecule has 8 heteroatoms. The Kier molecular flexibility index (Phi) is 5.91. The van der Waals surface area contributed by atoms with Gasteiger partial charge in [-0.05, 0) is 36.4 Å². The molecular weight excluding hydrogens is 362 g/mol. The molecule has 2 amide bonds. The third kappa shape index (κ3) is 4.47. The lowest BCUT2D eigenvalue weighted by molar-refractivity contribution is 0.0948. The average Bonchev–Trinajstić information content (AvgIpc) is 3.26. The normalized spacial score (nSPS) is 10.2. The van der Waals surface area contributed by atoms with Gasteiger partial charge in [0.1, 0.15) is 23.0 Å². The number of ether oxygens (including phenoxy) is 2. The molecule has 1 aromatic carbocycles. The van der Waals surface area contributed by atoms with E-state index in [1.807, 2.05) is 0 Å². The zero-order chi connectivity index (χ0) is 19.9. The summed E-state index contributed by atoms with van der Waals surface area (Å²) in [6.07, 6.45) is 2.94. The van der Waals surface area contributed by atoms with E-state index in [1.165, 1.54) is 31.7 Å². The molecule has 0 aliphatic heterocycles. The number of rotatable bonds is 7. The van der Waals surface area contributed by atoms with Crippen molar-refractivity contribution in [3.63, 3.8) is 0 Å². The number of carbonyl (C=O) groups is 2. The van der Waals surface area contributed by atoms with Gasteiger partial charge in [-0.2, -0.15) is 0 Å². The summed E-state index contributed by atoms with van der Waals surface area (Å²) in [6.45, 7) is 0.249. The van der Waals surface area contributed by atoms with Crippen LogP contribution in [0.2, 0.25) is 0 Å². The largest absolute Gasteiger partial charge is 0.497 e. The molecule has 0 saturated carbocycles. The molecule has 0 spiro atoms. The van der Waals surface area contributed by atoms with Crippen LogP contribution in [-0.2, 0) is 6.54 Å². The summed E-state index contributed by atoms with van der Waals surface area (Å²) in [5.41, 5.74) is 0.875. The van der Waals surface area contributed by atoms with Crippen LogP contribution in [0.4, 0.5) is 5.69 Å². The Bertz CT molecular complexity index is 970. The number of amides is 2. The molecule has 144 valence electrons. The van der Waals surface area contributed by atoms with Crippen molar-refractivity contribution in [2.75, 3.05) is 19.5 Å². The molecule has 8 nitrogen and oxygen atoms in total. The van der Waals surface area contributed by atoms with Crippen molar-refractivity contribution >= 4 is 17.5 Å². The molecule has 0 aliphatic carbocycles. The number of hydrogen-bond acceptors (Lipinski definition) is 6. The fourth-order valence-corrected chi connectivity index (χ4v) is 2.47. The van der Waals surface area contributed by atoms with Crippen LogP contribution in [0.15, 0.2) is 59.3 Å². The Morgan fingerprint density at radius 1 is 1.07 bits per heavy atom. The predicted molar refractivity (Wildman–Crippen MR) is 102 cm³/mol. The minimum absolute atomic E-state index is 0.100. The number of carbonyl (C=O) groups excluding carboxylic acids is 2. The van der Waals surface area contributed by atoms with Crippen LogP contribution in [0.25, 0.3) is 0 Å². The second-order valence-electron chi connectivity index (χ2n) is 5.71. The van der Waals surface area contributed by atoms with Gasteiger partial charge in [0.05, 0.1) is 32.7 Å². The first kappa shape index (κ1) is 19.0. The Hall–Kier alpha value is -3.81. The van der Waals surface area contributed by atoms with Gasteiger partial charge in [0.2, 0.25) is 0 Å². The molecule has 0 unspecified atom stereocenters. The lowest BCUT2D eigenvalue weighted by Gasteiger charge is -2.11. The molecule has 0 fully saturated rings. The van der Waals surface area contributed by atoms with E-state index in [2.05, 4.69) is 15.6 Å². The maximum atomic E-state index is 12.5. The number of methoxy groups -OCH3 is 2. The van der Waals surface area contributed by atoms with E-state index in [1.54, 1.807) is 37.4 Å². The fourth-order valence-electron chi connectivity index (χ4n) is 2.47. The Morgan fingerprint density at radius 3 is 2.64 bits per heavy atom. The minimum Gasteiger partial charge on any atom is -0.497 e. The van der Waals surface area contributed by atoms with Gasteiger partial charge in [-0.1, -0.05) is 0 Å². The zero-order valence-corrected chi connectivity index (χ0v) is 15.4. The number of benzene rings is 1. The molecular formula is C20H19N3O5. The van der Waals surface area contributed by atoms with Gasteiger partial charge < -0.3 is 24.5 Å². The van der Waals surface area contributed by atoms with Gasteiger partial charge in [0.15, 0.2) is 0 Å². The number of furan rings is 1. The highest BCUT2D eigenvalue weighted by Gasteiger charge is 2.14. The molecule has 2 aromatic heterocycles. The minimum atomic E-state index is -0.468. The van der Waals surface area contributed by atoms with Crippen molar-refractivity contribution < 1.29 is 23.5 Å². The number of aromatic nitrogens is 1. The first-order valence-corrected chi connectivity index (χ1v) is 8.40. The van der Waals surface area contributed by atoms with Gasteiger partial charge in [-0.25, -0.2) is 0 Å². The van der Waals surface area contributed by atoms with Crippen LogP contribution >= 0.6 is 0 Å². The van der Waals surface area contributed by atoms with Crippen molar-refractivity contribution in [1.82, 2.24) is 10.3 Å². The maximum Gasteiger partial charge on any atom is 0.274 e. The summed E-state index contributed by atoms with van der Waals surface area (Å²) < 4.78 is 15.6. The molecule has 0 bridgehead atoms. The van der Waals surface area contributed by atoms with Crippen LogP contribution < -0.4 is 20.1 Å². The first-order chi connectivity index (χ1) is 13.6. The molecule has 0 aliphatic rings. The molecule has 0 radical (unpaired) electrons. The average molecular weight is 381 g/mol. The number of hydrogen-bond donors (Lipinski definition) is 2. The number of pyridine rings is 1. The van der Waals surface area contributed by atoms with Gasteiger partial charge >= 0.3 is 0 Å². The molecule has 28 heavy (non-hydrogen) atoms. The molecule has 3 rings (SSSR count). The zero-order valence-electron chi connectivity index (χ0n) is 15.4. The van der Waals surface area contributed by atoms with Crippen molar-refractivity contribution in [2.45, 2.75) is 6.54 Å². The van der Waals surface area contributed by atoms with Crippen molar-refractivity contribution in [1.29, 1.82) is 0 Å². The van der Waals surface area contributed by atoms with Crippen LogP contribution in [0.1, 0.15) is 26.6 Å². The topological polar surface area (TPSA) is 103 Å². The number of anilines is 1. The Morgan fingerprint density at radius 2 is 1.93 bits per heavy atom. The number of nitrogens with zero attached hydrogens (tertiary/aromatic N) is 1. The van der Waals surface area contributed by atoms with E-state index in [-0.39, 0.29) is 18.1 Å². The fraction of sp³-hybridized carbons (Fsp3) is 0.150. The summed E-state index contributed by atoms with van der Waals surface area (Å²) in [5, 5.41) is 5.44. The van der Waals surface area contributed by atoms with E-state index in [9.17, 15) is 9.59 Å². The van der Waals surface area contributed by atoms with Crippen molar-refractivity contribution in [2.24, 2.45) is 0 Å². The predicted octanol–water partition coefficient (Wildman–Crippen LogP) is 2.87. The van der Waals surface area contributed by atoms with Gasteiger partial charge in [0, 0.05) is 17.8 Å². The van der Waals surface area contributed by atoms with E-state index in [0.717, 1.165) is 0 Å². The van der Waals surface area contributed by atoms with E-state index >= 15 is 0 Å². The van der Waals surface area contributed by atoms with Gasteiger partial charge in [-0.3, -0.25) is 14.6 Å². The summed E-state index contributed by atoms with van der Waals surface area (Å²) in [6, 6.07) is 11.5. The maximum absolute atomic E-state index is 12.5. The monoisotopic (exact) mass is 381 g/mol. The summed E-state index contributed by atoms with van der Waals surface area (Å²) in [4.78, 5) is 28.9. The smallest absolute Gasteiger partial charge is 0.274 e. The number of nitrogens with one attached hydrogen (secondary N) is 2. The van der Waals surface area contributed by atoms with Crippen molar-refractivity contribution in [3.8, 4) is 11.5 Å². The molecule has 2 heterocycles. The highest BCUT2D eigenvalue weighted by molar-refractivity contribution is 6.05. The van der Waals surface area contributed by atoms with Gasteiger partial charge in [-0.15, -0.1) is 0 Å². The quantitative estimate of drug-likeness (QED) is 0.652. The summed E-state index contributed by atoms with van der Waals surface area (Å²) >= 11 is 0. The summed E-state index contributed by atoms with van der Waals surface area (Å²) in [7, 11) is 3.03. The van der Waals surface area contributed by atoms with E-state index in [4.69, 9.17) is 13.9 Å². The third-order valence-corrected chi connectivity index (χ3v) is 3.91. The van der Waals surface area contributed by atoms with Crippen LogP contribution in [0, 0.1) is 0 Å². The lowest BCUT2D eigenvalue weighted by Crippen LogP contribution is -2.23. The van der Waals surface area contributed by atoms with E-state index < -0.39 is 5.91 Å². The SMILES string of the molecule is COc1ccc(NC(=O)c2cc(C(=O)NCc3ccco3)ccn2)c(OC)c1. The molecule has 3 aromatic rings. The molecule has 0 saturated heterocycles. The van der Waals surface area contributed by atoms with Crippen LogP contribution in [-0.4, -0.2) is 31.0 Å². The molecule has 2 N–H and O–H groups in total. The second kappa shape index (κ2) is 8.72. The van der Waals surface area contributed by atoms with Gasteiger partial charge in [0.25, 0.3) is 11.8 Å². The molecule has 0 atom stereocenters. The Labute approximate surface area is 161 Å². The lowest BCUT2D eigenvalue weighted by atomic mass is 10.2. The first-order valence-electron chi connectivity index (χ1n) is 8.40. The van der Waals surface area contributed by atoms with Crippen LogP contribution in [0.5, 0.6) is 11.5 Å². The van der Waals surface area contributed by atoms with Crippen LogP contribution in [0.3, 0.4) is 0 Å². The third-order valence-electron chi connectivity index (χ3n) is 3.91. The highest BCUT2D eigenvalue weighted by Crippen LogP contribution is 2.29. The van der Waals surface area contributed by atoms with E-state index in [0.29, 0.717) is 28.5 Å².